The summed E-state index contributed by atoms with van der Waals surface area (Å²) >= 11 is 3.41. The molecular weight excluding hydrogens is 582 g/mol. The number of rotatable bonds is 4. The molecule has 38 heavy (non-hydrogen) atoms. The van der Waals surface area contributed by atoms with E-state index in [4.69, 9.17) is 9.72 Å². The molecule has 0 saturated carbocycles. The van der Waals surface area contributed by atoms with E-state index >= 15 is 0 Å². The number of sulfonamides is 1. The zero-order valence-electron chi connectivity index (χ0n) is 19.8. The van der Waals surface area contributed by atoms with Crippen LogP contribution in [-0.2, 0) is 21.2 Å². The van der Waals surface area contributed by atoms with Gasteiger partial charge in [-0.2, -0.15) is 4.31 Å². The van der Waals surface area contributed by atoms with Gasteiger partial charge in [-0.25, -0.2) is 22.2 Å². The minimum atomic E-state index is -3.80. The molecule has 2 aliphatic rings. The lowest BCUT2D eigenvalue weighted by molar-refractivity contribution is 0.0730. The first kappa shape index (κ1) is 25.1. The molecule has 1 unspecified atom stereocenters. The van der Waals surface area contributed by atoms with Crippen molar-refractivity contribution in [2.24, 2.45) is 0 Å². The highest BCUT2D eigenvalue weighted by Crippen LogP contribution is 2.36. The standard InChI is InChI=1S/C26H21BrF2N4O4S/c27-16-1-3-20-21(12-16)31-25-23(11-15-9-17(28)13-18(29)10-15)30-22-14-19(2-4-24(22)33(25)26(20)34)38(35,36)32-5-7-37-8-6-32/h1-4,9-10,12-14,23,30H,5-8,11H2. The Hall–Kier alpha value is -3.19. The molecular formula is C26H21BrF2N4O4S. The first-order chi connectivity index (χ1) is 18.2. The van der Waals surface area contributed by atoms with Crippen LogP contribution in [0.25, 0.3) is 16.6 Å². The largest absolute Gasteiger partial charge is 0.379 e. The van der Waals surface area contributed by atoms with Crippen LogP contribution < -0.4 is 10.9 Å². The number of fused-ring (bicyclic) bond motifs is 4. The van der Waals surface area contributed by atoms with Crippen LogP contribution in [0.2, 0.25) is 0 Å². The maximum Gasteiger partial charge on any atom is 0.266 e. The Kier molecular flexibility index (Phi) is 6.29. The van der Waals surface area contributed by atoms with E-state index < -0.39 is 27.7 Å². The Balaban J connectivity index is 1.52. The van der Waals surface area contributed by atoms with Crippen LogP contribution in [-0.4, -0.2) is 48.6 Å². The van der Waals surface area contributed by atoms with Crippen molar-refractivity contribution in [3.8, 4) is 5.69 Å². The molecule has 1 fully saturated rings. The normalized spacial score (nSPS) is 17.6. The molecule has 0 bridgehead atoms. The van der Waals surface area contributed by atoms with Crippen LogP contribution >= 0.6 is 15.9 Å². The molecule has 1 aromatic heterocycles. The van der Waals surface area contributed by atoms with E-state index in [2.05, 4.69) is 21.2 Å². The maximum absolute atomic E-state index is 14.0. The molecule has 6 rings (SSSR count). The van der Waals surface area contributed by atoms with Gasteiger partial charge in [0.1, 0.15) is 17.5 Å². The van der Waals surface area contributed by atoms with Gasteiger partial charge in [0.25, 0.3) is 5.56 Å². The second-order valence-electron chi connectivity index (χ2n) is 9.15. The topological polar surface area (TPSA) is 93.5 Å². The molecule has 0 radical (unpaired) electrons. The second-order valence-corrected chi connectivity index (χ2v) is 12.0. The molecule has 0 amide bonds. The predicted molar refractivity (Wildman–Crippen MR) is 141 cm³/mol. The number of hydrogen-bond donors (Lipinski definition) is 1. The summed E-state index contributed by atoms with van der Waals surface area (Å²) in [5, 5.41) is 3.66. The Morgan fingerprint density at radius 2 is 1.76 bits per heavy atom. The van der Waals surface area contributed by atoms with Crippen LogP contribution in [0.15, 0.2) is 68.8 Å². The molecule has 0 spiro atoms. The molecule has 8 nitrogen and oxygen atoms in total. The molecule has 1 N–H and O–H groups in total. The molecule has 1 saturated heterocycles. The monoisotopic (exact) mass is 602 g/mol. The van der Waals surface area contributed by atoms with E-state index in [0.717, 1.165) is 10.5 Å². The number of benzene rings is 3. The summed E-state index contributed by atoms with van der Waals surface area (Å²) in [5.41, 5.74) is 1.32. The molecule has 3 aromatic carbocycles. The summed E-state index contributed by atoms with van der Waals surface area (Å²) in [6.45, 7) is 1.11. The van der Waals surface area contributed by atoms with Crippen LogP contribution in [0.3, 0.4) is 0 Å². The molecule has 12 heteroatoms. The zero-order chi connectivity index (χ0) is 26.6. The van der Waals surface area contributed by atoms with Crippen LogP contribution in [0.1, 0.15) is 17.4 Å². The number of nitrogens with one attached hydrogen (secondary N) is 1. The van der Waals surface area contributed by atoms with Gasteiger partial charge in [0.05, 0.1) is 46.4 Å². The molecule has 0 aliphatic carbocycles. The average Bonchev–Trinajstić information content (AvgIpc) is 2.88. The third-order valence-electron chi connectivity index (χ3n) is 6.68. The number of ether oxygens (including phenoxy) is 1. The lowest BCUT2D eigenvalue weighted by atomic mass is 10.0. The summed E-state index contributed by atoms with van der Waals surface area (Å²) in [6.07, 6.45) is 0.0977. The Morgan fingerprint density at radius 1 is 1.03 bits per heavy atom. The van der Waals surface area contributed by atoms with Gasteiger partial charge in [-0.15, -0.1) is 0 Å². The summed E-state index contributed by atoms with van der Waals surface area (Å²) in [5.74, 6) is -1.09. The molecule has 3 heterocycles. The lowest BCUT2D eigenvalue weighted by Crippen LogP contribution is -2.40. The summed E-state index contributed by atoms with van der Waals surface area (Å²) < 4.78 is 63.4. The van der Waals surface area contributed by atoms with Crippen molar-refractivity contribution in [2.45, 2.75) is 17.4 Å². The fourth-order valence-corrected chi connectivity index (χ4v) is 6.71. The smallest absolute Gasteiger partial charge is 0.266 e. The van der Waals surface area contributed by atoms with E-state index in [1.54, 1.807) is 24.3 Å². The van der Waals surface area contributed by atoms with Crippen molar-refractivity contribution in [1.29, 1.82) is 0 Å². The summed E-state index contributed by atoms with van der Waals surface area (Å²) in [4.78, 5) is 18.5. The highest BCUT2D eigenvalue weighted by Gasteiger charge is 2.32. The maximum atomic E-state index is 14.0. The molecule has 4 aromatic rings. The zero-order valence-corrected chi connectivity index (χ0v) is 22.2. The number of anilines is 1. The third-order valence-corrected chi connectivity index (χ3v) is 9.07. The SMILES string of the molecule is O=c1c2ccc(Br)cc2nc2n1-c1ccc(S(=O)(=O)N3CCOCC3)cc1NC2Cc1cc(F)cc(F)c1. The number of nitrogens with zero attached hydrogens (tertiary/aromatic N) is 3. The van der Waals surface area contributed by atoms with Gasteiger partial charge < -0.3 is 10.1 Å². The van der Waals surface area contributed by atoms with Gasteiger partial charge in [0, 0.05) is 30.0 Å². The number of hydrogen-bond acceptors (Lipinski definition) is 6. The van der Waals surface area contributed by atoms with Crippen molar-refractivity contribution in [2.75, 3.05) is 31.6 Å². The first-order valence-electron chi connectivity index (χ1n) is 11.9. The number of aromatic nitrogens is 2. The third kappa shape index (κ3) is 4.41. The van der Waals surface area contributed by atoms with Crippen molar-refractivity contribution >= 4 is 42.5 Å². The highest BCUT2D eigenvalue weighted by molar-refractivity contribution is 9.10. The minimum Gasteiger partial charge on any atom is -0.379 e. The van der Waals surface area contributed by atoms with Crippen LogP contribution in [0.5, 0.6) is 0 Å². The first-order valence-corrected chi connectivity index (χ1v) is 14.1. The van der Waals surface area contributed by atoms with Crippen LogP contribution in [0, 0.1) is 11.6 Å². The van der Waals surface area contributed by atoms with Crippen molar-refractivity contribution in [3.05, 3.63) is 92.4 Å². The van der Waals surface area contributed by atoms with E-state index in [1.165, 1.54) is 33.1 Å². The lowest BCUT2D eigenvalue weighted by Gasteiger charge is -2.31. The fourth-order valence-electron chi connectivity index (χ4n) is 4.92. The molecule has 1 atom stereocenters. The van der Waals surface area contributed by atoms with Gasteiger partial charge in [0.2, 0.25) is 10.0 Å². The van der Waals surface area contributed by atoms with Gasteiger partial charge in [-0.3, -0.25) is 9.36 Å². The van der Waals surface area contributed by atoms with Gasteiger partial charge >= 0.3 is 0 Å². The Morgan fingerprint density at radius 3 is 2.50 bits per heavy atom. The minimum absolute atomic E-state index is 0.0652. The molecule has 2 aliphatic heterocycles. The van der Waals surface area contributed by atoms with E-state index in [0.29, 0.717) is 46.9 Å². The Bertz CT molecular complexity index is 1740. The Labute approximate surface area is 225 Å². The predicted octanol–water partition coefficient (Wildman–Crippen LogP) is 4.16. The summed E-state index contributed by atoms with van der Waals surface area (Å²) in [6, 6.07) is 12.2. The van der Waals surface area contributed by atoms with E-state index in [-0.39, 0.29) is 30.0 Å². The van der Waals surface area contributed by atoms with Gasteiger partial charge in [0.15, 0.2) is 0 Å². The highest BCUT2D eigenvalue weighted by atomic mass is 79.9. The van der Waals surface area contributed by atoms with Crippen molar-refractivity contribution in [1.82, 2.24) is 13.9 Å². The van der Waals surface area contributed by atoms with E-state index in [1.807, 2.05) is 0 Å². The van der Waals surface area contributed by atoms with Gasteiger partial charge in [-0.1, -0.05) is 15.9 Å². The quantitative estimate of drug-likeness (QED) is 0.377. The average molecular weight is 603 g/mol. The fraction of sp³-hybridized carbons (Fsp3) is 0.231. The number of morpholine rings is 1. The van der Waals surface area contributed by atoms with Crippen molar-refractivity contribution < 1.29 is 21.9 Å². The number of halogens is 3. The van der Waals surface area contributed by atoms with Crippen molar-refractivity contribution in [3.63, 3.8) is 0 Å². The van der Waals surface area contributed by atoms with Crippen LogP contribution in [0.4, 0.5) is 14.5 Å². The van der Waals surface area contributed by atoms with E-state index in [9.17, 15) is 22.0 Å². The molecule has 196 valence electrons. The second kappa shape index (κ2) is 9.53. The summed E-state index contributed by atoms with van der Waals surface area (Å²) in [7, 11) is -3.80. The van der Waals surface area contributed by atoms with Gasteiger partial charge in [-0.05, 0) is 54.1 Å².